The van der Waals surface area contributed by atoms with Gasteiger partial charge in [-0.3, -0.25) is 0 Å². The summed E-state index contributed by atoms with van der Waals surface area (Å²) in [4.78, 5) is 0. The van der Waals surface area contributed by atoms with Crippen LogP contribution in [0.5, 0.6) is 5.75 Å². The van der Waals surface area contributed by atoms with Crippen molar-refractivity contribution in [2.75, 3.05) is 0 Å². The first-order valence-electron chi connectivity index (χ1n) is 7.52. The fourth-order valence-corrected chi connectivity index (χ4v) is 2.55. The van der Waals surface area contributed by atoms with E-state index in [1.54, 1.807) is 6.08 Å². The molecule has 0 atom stereocenters. The van der Waals surface area contributed by atoms with Crippen molar-refractivity contribution in [1.82, 2.24) is 0 Å². The van der Waals surface area contributed by atoms with Crippen LogP contribution in [0.15, 0.2) is 72.3 Å². The molecule has 0 saturated heterocycles. The topological polar surface area (TPSA) is 56.8 Å². The number of hydrogen-bond donors (Lipinski definition) is 0. The molecule has 3 aromatic carbocycles. The molecular weight excluding hydrogens is 296 g/mol. The van der Waals surface area contributed by atoms with Gasteiger partial charge in [-0.05, 0) is 28.5 Å². The maximum Gasteiger partial charge on any atom is 0.130 e. The molecule has 0 aliphatic heterocycles. The van der Waals surface area contributed by atoms with Crippen molar-refractivity contribution in [3.8, 4) is 17.9 Å². The van der Waals surface area contributed by atoms with Crippen molar-refractivity contribution in [2.45, 2.75) is 6.61 Å². The van der Waals surface area contributed by atoms with Gasteiger partial charge in [-0.25, -0.2) is 0 Å². The molecule has 0 aromatic heterocycles. The predicted octanol–water partition coefficient (Wildman–Crippen LogP) is 4.85. The van der Waals surface area contributed by atoms with Gasteiger partial charge in [-0.2, -0.15) is 10.5 Å². The summed E-state index contributed by atoms with van der Waals surface area (Å²) in [5.74, 6) is 0.647. The Morgan fingerprint density at radius 1 is 0.875 bits per heavy atom. The fourth-order valence-electron chi connectivity index (χ4n) is 2.55. The number of benzene rings is 3. The first kappa shape index (κ1) is 15.3. The van der Waals surface area contributed by atoms with Gasteiger partial charge < -0.3 is 4.74 Å². The lowest BCUT2D eigenvalue weighted by Gasteiger charge is -2.11. The lowest BCUT2D eigenvalue weighted by atomic mass is 10.1. The zero-order valence-corrected chi connectivity index (χ0v) is 12.9. The summed E-state index contributed by atoms with van der Waals surface area (Å²) in [7, 11) is 0. The van der Waals surface area contributed by atoms with E-state index in [-0.39, 0.29) is 5.57 Å². The molecule has 3 aromatic rings. The highest BCUT2D eigenvalue weighted by Gasteiger charge is 2.05. The van der Waals surface area contributed by atoms with Crippen LogP contribution in [0.3, 0.4) is 0 Å². The minimum Gasteiger partial charge on any atom is -0.488 e. The third kappa shape index (κ3) is 3.27. The minimum absolute atomic E-state index is 0.0520. The van der Waals surface area contributed by atoms with Crippen LogP contribution in [0.4, 0.5) is 0 Å². The van der Waals surface area contributed by atoms with Crippen LogP contribution in [0.1, 0.15) is 11.1 Å². The van der Waals surface area contributed by atoms with Gasteiger partial charge in [0.1, 0.15) is 30.1 Å². The molecule has 24 heavy (non-hydrogen) atoms. The molecule has 0 heterocycles. The molecule has 0 aliphatic carbocycles. The number of fused-ring (bicyclic) bond motifs is 1. The summed E-state index contributed by atoms with van der Waals surface area (Å²) in [6.07, 6.45) is 1.54. The monoisotopic (exact) mass is 310 g/mol. The summed E-state index contributed by atoms with van der Waals surface area (Å²) in [5.41, 5.74) is 1.86. The number of nitriles is 2. The fraction of sp³-hybridized carbons (Fsp3) is 0.0476. The minimum atomic E-state index is 0.0520. The maximum atomic E-state index is 8.92. The molecular formula is C21H14N2O. The van der Waals surface area contributed by atoms with Gasteiger partial charge in [0.25, 0.3) is 0 Å². The Morgan fingerprint density at radius 2 is 1.58 bits per heavy atom. The van der Waals surface area contributed by atoms with Crippen LogP contribution in [0.25, 0.3) is 16.8 Å². The molecule has 3 heteroatoms. The maximum absolute atomic E-state index is 8.92. The van der Waals surface area contributed by atoms with Crippen molar-refractivity contribution in [3.63, 3.8) is 0 Å². The Bertz CT molecular complexity index is 969. The van der Waals surface area contributed by atoms with Crippen LogP contribution < -0.4 is 4.74 Å². The van der Waals surface area contributed by atoms with E-state index in [2.05, 4.69) is 18.2 Å². The molecule has 0 unspecified atom stereocenters. The zero-order chi connectivity index (χ0) is 16.8. The van der Waals surface area contributed by atoms with Gasteiger partial charge in [0, 0.05) is 5.56 Å². The van der Waals surface area contributed by atoms with E-state index in [1.165, 1.54) is 5.39 Å². The molecule has 0 amide bonds. The number of para-hydroxylation sites is 1. The molecule has 3 rings (SSSR count). The second-order valence-corrected chi connectivity index (χ2v) is 5.25. The third-order valence-corrected chi connectivity index (χ3v) is 3.72. The summed E-state index contributed by atoms with van der Waals surface area (Å²) >= 11 is 0. The Kier molecular flexibility index (Phi) is 4.56. The third-order valence-electron chi connectivity index (χ3n) is 3.72. The highest BCUT2D eigenvalue weighted by Crippen LogP contribution is 2.24. The van der Waals surface area contributed by atoms with Crippen LogP contribution in [0, 0.1) is 22.7 Å². The van der Waals surface area contributed by atoms with E-state index in [0.717, 1.165) is 16.5 Å². The second-order valence-electron chi connectivity index (χ2n) is 5.25. The normalized spacial score (nSPS) is 9.75. The molecule has 0 radical (unpaired) electrons. The van der Waals surface area contributed by atoms with Crippen LogP contribution in [-0.4, -0.2) is 0 Å². The molecule has 3 nitrogen and oxygen atoms in total. The Hall–Kier alpha value is -3.56. The molecule has 0 saturated carbocycles. The smallest absolute Gasteiger partial charge is 0.130 e. The Labute approximate surface area is 140 Å². The average Bonchev–Trinajstić information content (AvgIpc) is 2.65. The first-order valence-corrected chi connectivity index (χ1v) is 7.52. The van der Waals surface area contributed by atoms with E-state index in [4.69, 9.17) is 15.3 Å². The number of ether oxygens (including phenoxy) is 1. The molecule has 0 aliphatic rings. The number of allylic oxidation sites excluding steroid dienone is 1. The van der Waals surface area contributed by atoms with Crippen LogP contribution >= 0.6 is 0 Å². The van der Waals surface area contributed by atoms with Crippen molar-refractivity contribution in [3.05, 3.63) is 83.4 Å². The number of rotatable bonds is 4. The highest BCUT2D eigenvalue weighted by molar-refractivity contribution is 5.85. The van der Waals surface area contributed by atoms with Gasteiger partial charge in [-0.1, -0.05) is 60.7 Å². The van der Waals surface area contributed by atoms with E-state index >= 15 is 0 Å². The summed E-state index contributed by atoms with van der Waals surface area (Å²) in [5, 5.41) is 20.2. The van der Waals surface area contributed by atoms with E-state index in [0.29, 0.717) is 12.4 Å². The van der Waals surface area contributed by atoms with E-state index < -0.39 is 0 Å². The van der Waals surface area contributed by atoms with Gasteiger partial charge in [0.05, 0.1) is 0 Å². The van der Waals surface area contributed by atoms with Gasteiger partial charge in [0.15, 0.2) is 0 Å². The zero-order valence-electron chi connectivity index (χ0n) is 12.9. The largest absolute Gasteiger partial charge is 0.488 e. The summed E-state index contributed by atoms with van der Waals surface area (Å²) in [6.45, 7) is 0.417. The van der Waals surface area contributed by atoms with Gasteiger partial charge >= 0.3 is 0 Å². The van der Waals surface area contributed by atoms with Crippen molar-refractivity contribution in [1.29, 1.82) is 10.5 Å². The SMILES string of the molecule is N#CC(C#N)=Cc1ccccc1OCc1cccc2ccccc12. The van der Waals surface area contributed by atoms with Crippen molar-refractivity contribution < 1.29 is 4.74 Å². The summed E-state index contributed by atoms with van der Waals surface area (Å²) in [6, 6.07) is 25.4. The Morgan fingerprint density at radius 3 is 2.42 bits per heavy atom. The lowest BCUT2D eigenvalue weighted by molar-refractivity contribution is 0.307. The summed E-state index contributed by atoms with van der Waals surface area (Å²) < 4.78 is 5.96. The number of nitrogens with zero attached hydrogens (tertiary/aromatic N) is 2. The van der Waals surface area contributed by atoms with E-state index in [1.807, 2.05) is 60.7 Å². The predicted molar refractivity (Wildman–Crippen MR) is 93.9 cm³/mol. The lowest BCUT2D eigenvalue weighted by Crippen LogP contribution is -1.98. The molecule has 0 bridgehead atoms. The first-order chi connectivity index (χ1) is 11.8. The standard InChI is InChI=1S/C21H14N2O/c22-13-16(14-23)12-18-7-2-4-11-21(18)24-15-19-9-5-8-17-6-1-3-10-20(17)19/h1-12H,15H2. The van der Waals surface area contributed by atoms with Gasteiger partial charge in [0.2, 0.25) is 0 Å². The molecule has 0 spiro atoms. The van der Waals surface area contributed by atoms with Crippen molar-refractivity contribution >= 4 is 16.8 Å². The highest BCUT2D eigenvalue weighted by atomic mass is 16.5. The van der Waals surface area contributed by atoms with Gasteiger partial charge in [-0.15, -0.1) is 0 Å². The second kappa shape index (κ2) is 7.13. The quantitative estimate of drug-likeness (QED) is 0.647. The molecule has 0 fully saturated rings. The number of hydrogen-bond acceptors (Lipinski definition) is 3. The van der Waals surface area contributed by atoms with Crippen LogP contribution in [-0.2, 0) is 6.61 Å². The van der Waals surface area contributed by atoms with E-state index in [9.17, 15) is 0 Å². The van der Waals surface area contributed by atoms with Crippen LogP contribution in [0.2, 0.25) is 0 Å². The Balaban J connectivity index is 1.89. The average molecular weight is 310 g/mol. The van der Waals surface area contributed by atoms with Crippen molar-refractivity contribution in [2.24, 2.45) is 0 Å². The molecule has 114 valence electrons. The molecule has 0 N–H and O–H groups in total.